The minimum absolute atomic E-state index is 0.186. The zero-order valence-corrected chi connectivity index (χ0v) is 13.3. The lowest BCUT2D eigenvalue weighted by molar-refractivity contribution is 0.0697. The summed E-state index contributed by atoms with van der Waals surface area (Å²) in [7, 11) is 2.05. The quantitative estimate of drug-likeness (QED) is 0.797. The van der Waals surface area contributed by atoms with Crippen LogP contribution in [0.5, 0.6) is 0 Å². The summed E-state index contributed by atoms with van der Waals surface area (Å²) in [5, 5.41) is 15.1. The van der Waals surface area contributed by atoms with Gasteiger partial charge in [-0.15, -0.1) is 11.3 Å². The number of likely N-dealkylation sites (tertiary alicyclic amines) is 1. The van der Waals surface area contributed by atoms with Gasteiger partial charge in [0.25, 0.3) is 0 Å². The number of rotatable bonds is 4. The van der Waals surface area contributed by atoms with Crippen molar-refractivity contribution in [2.45, 2.75) is 32.7 Å². The van der Waals surface area contributed by atoms with Crippen LogP contribution in [0.25, 0.3) is 0 Å². The number of hydrogen-bond donors (Lipinski definition) is 3. The molecule has 2 amide bonds. The lowest BCUT2D eigenvalue weighted by Gasteiger charge is -2.19. The van der Waals surface area contributed by atoms with Crippen molar-refractivity contribution in [3.8, 4) is 0 Å². The molecule has 1 aromatic heterocycles. The second-order valence-electron chi connectivity index (χ2n) is 5.40. The maximum Gasteiger partial charge on any atom is 0.338 e. The van der Waals surface area contributed by atoms with Gasteiger partial charge in [0.15, 0.2) is 0 Å². The van der Waals surface area contributed by atoms with Gasteiger partial charge >= 0.3 is 12.0 Å². The summed E-state index contributed by atoms with van der Waals surface area (Å²) >= 11 is 1.29. The molecule has 1 saturated heterocycles. The molecule has 1 fully saturated rings. The first-order chi connectivity index (χ1) is 9.90. The van der Waals surface area contributed by atoms with Gasteiger partial charge < -0.3 is 15.3 Å². The molecule has 2 heterocycles. The molecule has 1 atom stereocenters. The number of aryl methyl sites for hydroxylation is 1. The maximum atomic E-state index is 11.9. The number of nitrogens with one attached hydrogen (secondary N) is 2. The molecule has 0 aromatic carbocycles. The van der Waals surface area contributed by atoms with Crippen molar-refractivity contribution in [3.63, 3.8) is 0 Å². The monoisotopic (exact) mass is 311 g/mol. The summed E-state index contributed by atoms with van der Waals surface area (Å²) in [6, 6.07) is 0.0144. The Bertz CT molecular complexity index is 556. The first-order valence-corrected chi connectivity index (χ1v) is 7.80. The highest BCUT2D eigenvalue weighted by Crippen LogP contribution is 2.32. The van der Waals surface area contributed by atoms with E-state index in [0.29, 0.717) is 23.2 Å². The molecule has 0 aliphatic carbocycles. The van der Waals surface area contributed by atoms with Crippen LogP contribution in [0.2, 0.25) is 0 Å². The van der Waals surface area contributed by atoms with Gasteiger partial charge in [0.2, 0.25) is 0 Å². The van der Waals surface area contributed by atoms with Crippen molar-refractivity contribution < 1.29 is 14.7 Å². The van der Waals surface area contributed by atoms with Crippen LogP contribution in [0.15, 0.2) is 0 Å². The van der Waals surface area contributed by atoms with Gasteiger partial charge in [0, 0.05) is 17.5 Å². The van der Waals surface area contributed by atoms with Crippen molar-refractivity contribution in [2.24, 2.45) is 0 Å². The number of urea groups is 1. The summed E-state index contributed by atoms with van der Waals surface area (Å²) < 4.78 is 0. The van der Waals surface area contributed by atoms with E-state index < -0.39 is 5.97 Å². The number of carbonyl (C=O) groups is 2. The molecule has 7 heteroatoms. The van der Waals surface area contributed by atoms with Crippen LogP contribution in [-0.2, 0) is 0 Å². The van der Waals surface area contributed by atoms with Crippen LogP contribution in [0.4, 0.5) is 9.80 Å². The fraction of sp³-hybridized carbons (Fsp3) is 0.571. The first kappa shape index (κ1) is 15.8. The van der Waals surface area contributed by atoms with Gasteiger partial charge in [-0.05, 0) is 45.8 Å². The van der Waals surface area contributed by atoms with E-state index in [0.717, 1.165) is 24.3 Å². The smallest absolute Gasteiger partial charge is 0.338 e. The highest BCUT2D eigenvalue weighted by atomic mass is 32.1. The summed E-state index contributed by atoms with van der Waals surface area (Å²) in [6.07, 6.45) is 2.23. The van der Waals surface area contributed by atoms with Crippen LogP contribution in [0.3, 0.4) is 0 Å². The molecule has 0 bridgehead atoms. The first-order valence-electron chi connectivity index (χ1n) is 6.98. The Morgan fingerprint density at radius 2 is 2.14 bits per heavy atom. The van der Waals surface area contributed by atoms with Crippen LogP contribution >= 0.6 is 11.3 Å². The predicted molar refractivity (Wildman–Crippen MR) is 83.4 cm³/mol. The zero-order chi connectivity index (χ0) is 15.6. The third kappa shape index (κ3) is 3.54. The number of aromatic carboxylic acids is 1. The Morgan fingerprint density at radius 1 is 1.43 bits per heavy atom. The number of likely N-dealkylation sites (N-methyl/N-ethyl adjacent to an activating group) is 1. The molecule has 1 unspecified atom stereocenters. The zero-order valence-electron chi connectivity index (χ0n) is 12.5. The van der Waals surface area contributed by atoms with E-state index >= 15 is 0 Å². The molecule has 1 aromatic rings. The molecule has 21 heavy (non-hydrogen) atoms. The van der Waals surface area contributed by atoms with Crippen LogP contribution in [0.1, 0.15) is 33.6 Å². The SMILES string of the molecule is Cc1sc(NC(=O)NCC2CCCN2C)c(C(=O)O)c1C. The highest BCUT2D eigenvalue weighted by Gasteiger charge is 2.23. The van der Waals surface area contributed by atoms with E-state index in [1.807, 2.05) is 14.0 Å². The van der Waals surface area contributed by atoms with E-state index in [4.69, 9.17) is 0 Å². The lowest BCUT2D eigenvalue weighted by atomic mass is 10.1. The third-order valence-electron chi connectivity index (χ3n) is 4.00. The highest BCUT2D eigenvalue weighted by molar-refractivity contribution is 7.16. The Hall–Kier alpha value is -1.60. The normalized spacial score (nSPS) is 18.7. The average Bonchev–Trinajstić information content (AvgIpc) is 2.92. The number of thiophene rings is 1. The van der Waals surface area contributed by atoms with Gasteiger partial charge in [0.05, 0.1) is 5.56 Å². The van der Waals surface area contributed by atoms with E-state index in [-0.39, 0.29) is 11.6 Å². The van der Waals surface area contributed by atoms with Crippen molar-refractivity contribution in [2.75, 3.05) is 25.5 Å². The summed E-state index contributed by atoms with van der Waals surface area (Å²) in [5.74, 6) is -1.01. The molecule has 0 spiro atoms. The molecule has 2 rings (SSSR count). The van der Waals surface area contributed by atoms with Crippen LogP contribution in [0, 0.1) is 13.8 Å². The van der Waals surface area contributed by atoms with E-state index in [2.05, 4.69) is 15.5 Å². The van der Waals surface area contributed by atoms with Crippen LogP contribution in [-0.4, -0.2) is 48.2 Å². The summed E-state index contributed by atoms with van der Waals surface area (Å²) in [6.45, 7) is 5.24. The second-order valence-corrected chi connectivity index (χ2v) is 6.63. The number of nitrogens with zero attached hydrogens (tertiary/aromatic N) is 1. The Kier molecular flexibility index (Phi) is 4.84. The average molecular weight is 311 g/mol. The molecule has 1 aliphatic rings. The maximum absolute atomic E-state index is 11.9. The van der Waals surface area contributed by atoms with Gasteiger partial charge in [0.1, 0.15) is 5.00 Å². The number of carboxylic acids is 1. The Labute approximate surface area is 128 Å². The van der Waals surface area contributed by atoms with Crippen molar-refractivity contribution in [3.05, 3.63) is 16.0 Å². The predicted octanol–water partition coefficient (Wildman–Crippen LogP) is 2.28. The topological polar surface area (TPSA) is 81.7 Å². The molecule has 6 nitrogen and oxygen atoms in total. The minimum Gasteiger partial charge on any atom is -0.478 e. The fourth-order valence-electron chi connectivity index (χ4n) is 2.57. The number of carbonyl (C=O) groups excluding carboxylic acids is 1. The van der Waals surface area contributed by atoms with Crippen LogP contribution < -0.4 is 10.6 Å². The molecule has 0 saturated carbocycles. The van der Waals surface area contributed by atoms with Gasteiger partial charge in [-0.1, -0.05) is 0 Å². The van der Waals surface area contributed by atoms with E-state index in [1.54, 1.807) is 6.92 Å². The summed E-state index contributed by atoms with van der Waals surface area (Å²) in [5.41, 5.74) is 0.893. The fourth-order valence-corrected chi connectivity index (χ4v) is 3.62. The summed E-state index contributed by atoms with van der Waals surface area (Å²) in [4.78, 5) is 26.3. The van der Waals surface area contributed by atoms with E-state index in [9.17, 15) is 14.7 Å². The number of anilines is 1. The van der Waals surface area contributed by atoms with Gasteiger partial charge in [-0.3, -0.25) is 5.32 Å². The lowest BCUT2D eigenvalue weighted by Crippen LogP contribution is -2.40. The van der Waals surface area contributed by atoms with Crippen molar-refractivity contribution >= 4 is 28.3 Å². The molecule has 1 aliphatic heterocycles. The van der Waals surface area contributed by atoms with Crippen molar-refractivity contribution in [1.29, 1.82) is 0 Å². The number of hydrogen-bond acceptors (Lipinski definition) is 4. The minimum atomic E-state index is -1.01. The van der Waals surface area contributed by atoms with E-state index in [1.165, 1.54) is 11.3 Å². The standard InChI is InChI=1S/C14H21N3O3S/c1-8-9(2)21-12(11(8)13(18)19)16-14(20)15-7-10-5-4-6-17(10)3/h10H,4-7H2,1-3H3,(H,18,19)(H2,15,16,20). The van der Waals surface area contributed by atoms with Gasteiger partial charge in [-0.2, -0.15) is 0 Å². The Balaban J connectivity index is 1.96. The molecular weight excluding hydrogens is 290 g/mol. The van der Waals surface area contributed by atoms with Crippen molar-refractivity contribution in [1.82, 2.24) is 10.2 Å². The third-order valence-corrected chi connectivity index (χ3v) is 5.12. The largest absolute Gasteiger partial charge is 0.478 e. The number of amides is 2. The molecule has 3 N–H and O–H groups in total. The number of carboxylic acid groups (broad SMARTS) is 1. The Morgan fingerprint density at radius 3 is 2.71 bits per heavy atom. The molecular formula is C14H21N3O3S. The second kappa shape index (κ2) is 6.44. The molecule has 116 valence electrons. The van der Waals surface area contributed by atoms with Gasteiger partial charge in [-0.25, -0.2) is 9.59 Å². The molecule has 0 radical (unpaired) electrons.